The van der Waals surface area contributed by atoms with Gasteiger partial charge in [-0.15, -0.1) is 0 Å². The number of aromatic nitrogens is 3. The van der Waals surface area contributed by atoms with Gasteiger partial charge in [-0.2, -0.15) is 5.10 Å². The van der Waals surface area contributed by atoms with Crippen molar-refractivity contribution in [3.63, 3.8) is 0 Å². The van der Waals surface area contributed by atoms with Gasteiger partial charge in [-0.05, 0) is 19.9 Å². The lowest BCUT2D eigenvalue weighted by atomic mass is 10.0. The highest BCUT2D eigenvalue weighted by atomic mass is 19.1. The van der Waals surface area contributed by atoms with Crippen LogP contribution in [0.2, 0.25) is 0 Å². The molecule has 3 rings (SSSR count). The number of methoxy groups -OCH3 is 1. The van der Waals surface area contributed by atoms with E-state index in [1.807, 2.05) is 11.6 Å². The molecule has 1 aromatic heterocycles. The van der Waals surface area contributed by atoms with E-state index in [4.69, 9.17) is 4.74 Å². The molecular weight excluding hydrogens is 325 g/mol. The first-order valence-electron chi connectivity index (χ1n) is 8.22. The van der Waals surface area contributed by atoms with Gasteiger partial charge < -0.3 is 15.0 Å². The minimum atomic E-state index is -0.569. The van der Waals surface area contributed by atoms with Crippen LogP contribution < -0.4 is 5.32 Å². The first-order valence-corrected chi connectivity index (χ1v) is 8.22. The lowest BCUT2D eigenvalue weighted by molar-refractivity contribution is 0.0699. The molecule has 7 nitrogen and oxygen atoms in total. The molecule has 8 heteroatoms. The number of hydrogen-bond acceptors (Lipinski definition) is 4. The number of halogens is 1. The molecule has 1 aromatic carbocycles. The summed E-state index contributed by atoms with van der Waals surface area (Å²) in [5, 5.41) is 7.18. The summed E-state index contributed by atoms with van der Waals surface area (Å²) in [6.45, 7) is 5.19. The maximum absolute atomic E-state index is 14.0. The average Bonchev–Trinajstić information content (AvgIpc) is 2.96. The summed E-state index contributed by atoms with van der Waals surface area (Å²) in [5.41, 5.74) is 0.423. The van der Waals surface area contributed by atoms with Crippen LogP contribution in [0.5, 0.6) is 0 Å². The summed E-state index contributed by atoms with van der Waals surface area (Å²) >= 11 is 0. The van der Waals surface area contributed by atoms with Crippen LogP contribution in [0, 0.1) is 12.7 Å². The number of carbonyl (C=O) groups is 1. The van der Waals surface area contributed by atoms with E-state index in [1.54, 1.807) is 30.0 Å². The average molecular weight is 347 g/mol. The Morgan fingerprint density at radius 1 is 1.36 bits per heavy atom. The second kappa shape index (κ2) is 7.18. The molecule has 1 aliphatic heterocycles. The molecule has 25 heavy (non-hydrogen) atoms. The molecule has 2 heterocycles. The van der Waals surface area contributed by atoms with Crippen LogP contribution in [0.25, 0.3) is 0 Å². The normalized spacial score (nSPS) is 16.2. The molecule has 2 amide bonds. The van der Waals surface area contributed by atoms with Crippen LogP contribution >= 0.6 is 0 Å². The van der Waals surface area contributed by atoms with Crippen molar-refractivity contribution in [2.24, 2.45) is 0 Å². The van der Waals surface area contributed by atoms with E-state index in [9.17, 15) is 9.18 Å². The minimum absolute atomic E-state index is 0.224. The van der Waals surface area contributed by atoms with Gasteiger partial charge in [0.15, 0.2) is 0 Å². The molecule has 0 bridgehead atoms. The van der Waals surface area contributed by atoms with E-state index in [2.05, 4.69) is 15.4 Å². The SMILES string of the molecule is CO[C@@H](c1ccccc1F)[C@H](C)NC(=O)N1CCn2nc(C)nc2C1. The van der Waals surface area contributed by atoms with Gasteiger partial charge in [0.2, 0.25) is 0 Å². The first kappa shape index (κ1) is 17.3. The smallest absolute Gasteiger partial charge is 0.318 e. The van der Waals surface area contributed by atoms with Crippen LogP contribution in [-0.2, 0) is 17.8 Å². The number of ether oxygens (including phenoxy) is 1. The molecule has 0 unspecified atom stereocenters. The molecule has 0 saturated heterocycles. The number of fused-ring (bicyclic) bond motifs is 1. The van der Waals surface area contributed by atoms with Crippen molar-refractivity contribution >= 4 is 6.03 Å². The van der Waals surface area contributed by atoms with Crippen LogP contribution in [0.1, 0.15) is 30.2 Å². The van der Waals surface area contributed by atoms with Crippen molar-refractivity contribution in [1.82, 2.24) is 25.0 Å². The van der Waals surface area contributed by atoms with Crippen molar-refractivity contribution in [2.45, 2.75) is 39.1 Å². The van der Waals surface area contributed by atoms with E-state index in [0.29, 0.717) is 31.0 Å². The predicted molar refractivity (Wildman–Crippen MR) is 89.3 cm³/mol. The second-order valence-corrected chi connectivity index (χ2v) is 6.14. The number of amides is 2. The molecule has 0 radical (unpaired) electrons. The number of rotatable bonds is 4. The van der Waals surface area contributed by atoms with Gasteiger partial charge in [-0.3, -0.25) is 0 Å². The maximum atomic E-state index is 14.0. The zero-order chi connectivity index (χ0) is 18.0. The lowest BCUT2D eigenvalue weighted by Crippen LogP contribution is -2.48. The zero-order valence-electron chi connectivity index (χ0n) is 14.6. The van der Waals surface area contributed by atoms with Crippen LogP contribution in [0.3, 0.4) is 0 Å². The van der Waals surface area contributed by atoms with E-state index < -0.39 is 12.1 Å². The Labute approximate surface area is 145 Å². The summed E-state index contributed by atoms with van der Waals surface area (Å²) in [5.74, 6) is 1.12. The van der Waals surface area contributed by atoms with Gasteiger partial charge in [0.05, 0.1) is 19.1 Å². The van der Waals surface area contributed by atoms with Gasteiger partial charge in [0.1, 0.15) is 23.6 Å². The summed E-state index contributed by atoms with van der Waals surface area (Å²) < 4.78 is 21.3. The molecule has 0 spiro atoms. The highest BCUT2D eigenvalue weighted by Crippen LogP contribution is 2.23. The molecule has 134 valence electrons. The fourth-order valence-corrected chi connectivity index (χ4v) is 3.10. The van der Waals surface area contributed by atoms with E-state index in [-0.39, 0.29) is 11.8 Å². The summed E-state index contributed by atoms with van der Waals surface area (Å²) in [4.78, 5) is 18.6. The molecule has 0 fully saturated rings. The van der Waals surface area contributed by atoms with Gasteiger partial charge in [0.25, 0.3) is 0 Å². The Kier molecular flexibility index (Phi) is 4.98. The van der Waals surface area contributed by atoms with Crippen molar-refractivity contribution in [2.75, 3.05) is 13.7 Å². The van der Waals surface area contributed by atoms with Crippen molar-refractivity contribution in [3.05, 3.63) is 47.3 Å². The van der Waals surface area contributed by atoms with E-state index in [1.165, 1.54) is 13.2 Å². The predicted octanol–water partition coefficient (Wildman–Crippen LogP) is 2.03. The minimum Gasteiger partial charge on any atom is -0.375 e. The van der Waals surface area contributed by atoms with Gasteiger partial charge in [-0.25, -0.2) is 18.9 Å². The quantitative estimate of drug-likeness (QED) is 0.918. The molecule has 2 atom stereocenters. The molecule has 1 aliphatic rings. The Balaban J connectivity index is 1.67. The fourth-order valence-electron chi connectivity index (χ4n) is 3.10. The number of urea groups is 1. The second-order valence-electron chi connectivity index (χ2n) is 6.14. The number of nitrogens with one attached hydrogen (secondary N) is 1. The summed E-state index contributed by atoms with van der Waals surface area (Å²) in [7, 11) is 1.51. The zero-order valence-corrected chi connectivity index (χ0v) is 14.6. The molecule has 0 saturated carbocycles. The molecular formula is C17H22FN5O2. The lowest BCUT2D eigenvalue weighted by Gasteiger charge is -2.30. The maximum Gasteiger partial charge on any atom is 0.318 e. The molecule has 2 aromatic rings. The Hall–Kier alpha value is -2.48. The monoisotopic (exact) mass is 347 g/mol. The van der Waals surface area contributed by atoms with Crippen molar-refractivity contribution < 1.29 is 13.9 Å². The number of benzene rings is 1. The first-order chi connectivity index (χ1) is 12.0. The van der Waals surface area contributed by atoms with Crippen molar-refractivity contribution in [1.29, 1.82) is 0 Å². The van der Waals surface area contributed by atoms with Crippen LogP contribution in [-0.4, -0.2) is 45.4 Å². The number of nitrogens with zero attached hydrogens (tertiary/aromatic N) is 4. The molecule has 0 aliphatic carbocycles. The van der Waals surface area contributed by atoms with Crippen LogP contribution in [0.4, 0.5) is 9.18 Å². The highest BCUT2D eigenvalue weighted by molar-refractivity contribution is 5.74. The Morgan fingerprint density at radius 3 is 2.84 bits per heavy atom. The third-order valence-electron chi connectivity index (χ3n) is 4.33. The van der Waals surface area contributed by atoms with E-state index >= 15 is 0 Å². The van der Waals surface area contributed by atoms with Gasteiger partial charge >= 0.3 is 6.03 Å². The number of carbonyl (C=O) groups excluding carboxylic acids is 1. The fraction of sp³-hybridized carbons (Fsp3) is 0.471. The van der Waals surface area contributed by atoms with Crippen molar-refractivity contribution in [3.8, 4) is 0 Å². The Morgan fingerprint density at radius 2 is 2.12 bits per heavy atom. The third kappa shape index (κ3) is 3.63. The summed E-state index contributed by atoms with van der Waals surface area (Å²) in [6.07, 6.45) is -0.569. The largest absolute Gasteiger partial charge is 0.375 e. The van der Waals surface area contributed by atoms with Gasteiger partial charge in [0, 0.05) is 19.2 Å². The summed E-state index contributed by atoms with van der Waals surface area (Å²) in [6, 6.07) is 5.81. The van der Waals surface area contributed by atoms with Crippen LogP contribution in [0.15, 0.2) is 24.3 Å². The van der Waals surface area contributed by atoms with Gasteiger partial charge in [-0.1, -0.05) is 18.2 Å². The standard InChI is InChI=1S/C17H22FN5O2/c1-11(16(25-3)13-6-4-5-7-14(13)18)19-17(24)22-8-9-23-15(10-22)20-12(2)21-23/h4-7,11,16H,8-10H2,1-3H3,(H,19,24)/t11-,16+/m0/s1. The third-order valence-corrected chi connectivity index (χ3v) is 4.33. The highest BCUT2D eigenvalue weighted by Gasteiger charge is 2.27. The van der Waals surface area contributed by atoms with E-state index in [0.717, 1.165) is 5.82 Å². The number of hydrogen-bond donors (Lipinski definition) is 1. The number of aryl methyl sites for hydroxylation is 1. The Bertz CT molecular complexity index is 763. The topological polar surface area (TPSA) is 72.3 Å². The molecule has 1 N–H and O–H groups in total.